The molecule has 2 heteroatoms. The summed E-state index contributed by atoms with van der Waals surface area (Å²) >= 11 is 0. The van der Waals surface area contributed by atoms with Crippen LogP contribution in [0, 0.1) is 0 Å². The normalized spacial score (nSPS) is 21.2. The third-order valence-electron chi connectivity index (χ3n) is 3.94. The summed E-state index contributed by atoms with van der Waals surface area (Å²) in [6.45, 7) is 0. The second-order valence-electron chi connectivity index (χ2n) is 4.86. The molecule has 2 aliphatic carbocycles. The zero-order valence-corrected chi connectivity index (χ0v) is 9.63. The Bertz CT molecular complexity index is 680. The predicted molar refractivity (Wildman–Crippen MR) is 67.8 cm³/mol. The van der Waals surface area contributed by atoms with E-state index in [0.717, 1.165) is 6.42 Å². The summed E-state index contributed by atoms with van der Waals surface area (Å²) in [5, 5.41) is 7.35. The first-order chi connectivity index (χ1) is 8.43. The predicted octanol–water partition coefficient (Wildman–Crippen LogP) is 1.60. The third-order valence-corrected chi connectivity index (χ3v) is 3.94. The van der Waals surface area contributed by atoms with E-state index in [4.69, 9.17) is 0 Å². The van der Waals surface area contributed by atoms with Crippen LogP contribution in [0.1, 0.15) is 30.9 Å². The molecule has 0 N–H and O–H groups in total. The Balaban J connectivity index is 1.99. The van der Waals surface area contributed by atoms with Crippen LogP contribution < -0.4 is 10.4 Å². The molecule has 0 saturated carbocycles. The summed E-state index contributed by atoms with van der Waals surface area (Å²) in [6, 6.07) is 9.10. The van der Waals surface area contributed by atoms with Crippen molar-refractivity contribution in [3.8, 4) is 0 Å². The van der Waals surface area contributed by atoms with E-state index in [-0.39, 0.29) is 0 Å². The number of hydrogen-bond acceptors (Lipinski definition) is 1. The lowest BCUT2D eigenvalue weighted by Crippen LogP contribution is -2.30. The highest BCUT2D eigenvalue weighted by atomic mass is 15.3. The Morgan fingerprint density at radius 1 is 1.24 bits per heavy atom. The molecule has 0 aliphatic heterocycles. The molecule has 1 aromatic heterocycles. The van der Waals surface area contributed by atoms with Gasteiger partial charge in [-0.15, -0.1) is 0 Å². The summed E-state index contributed by atoms with van der Waals surface area (Å²) in [7, 11) is 0. The lowest BCUT2D eigenvalue weighted by Gasteiger charge is -2.12. The van der Waals surface area contributed by atoms with Gasteiger partial charge in [0.1, 0.15) is 0 Å². The van der Waals surface area contributed by atoms with E-state index in [1.54, 1.807) is 5.57 Å². The number of nitrogens with zero attached hydrogens (tertiary/aromatic N) is 2. The van der Waals surface area contributed by atoms with Gasteiger partial charge in [0.05, 0.1) is 6.04 Å². The van der Waals surface area contributed by atoms with E-state index < -0.39 is 0 Å². The Morgan fingerprint density at radius 2 is 2.24 bits per heavy atom. The van der Waals surface area contributed by atoms with E-state index in [1.165, 1.54) is 28.8 Å². The van der Waals surface area contributed by atoms with Crippen LogP contribution in [-0.4, -0.2) is 9.78 Å². The van der Waals surface area contributed by atoms with Gasteiger partial charge >= 0.3 is 0 Å². The molecule has 1 unspecified atom stereocenters. The van der Waals surface area contributed by atoms with Crippen LogP contribution in [0.4, 0.5) is 0 Å². The van der Waals surface area contributed by atoms with Gasteiger partial charge in [-0.2, -0.15) is 5.10 Å². The monoisotopic (exact) mass is 222 g/mol. The van der Waals surface area contributed by atoms with Crippen molar-refractivity contribution >= 4 is 11.6 Å². The molecule has 2 aliphatic rings. The zero-order chi connectivity index (χ0) is 11.2. The minimum atomic E-state index is 0.418. The van der Waals surface area contributed by atoms with Gasteiger partial charge in [-0.25, -0.2) is 0 Å². The van der Waals surface area contributed by atoms with Gasteiger partial charge in [0.15, 0.2) is 0 Å². The first-order valence-electron chi connectivity index (χ1n) is 6.24. The molecule has 0 bridgehead atoms. The Labute approximate surface area is 99.9 Å². The molecule has 17 heavy (non-hydrogen) atoms. The Kier molecular flexibility index (Phi) is 1.81. The molecule has 0 saturated heterocycles. The molecule has 0 spiro atoms. The molecular formula is C15H14N2. The third kappa shape index (κ3) is 1.24. The molecule has 2 nitrogen and oxygen atoms in total. The summed E-state index contributed by atoms with van der Waals surface area (Å²) in [5.74, 6) is 0. The lowest BCUT2D eigenvalue weighted by molar-refractivity contribution is 0.540. The largest absolute Gasteiger partial charge is 0.265 e. The molecule has 0 amide bonds. The maximum Gasteiger partial charge on any atom is 0.0811 e. The van der Waals surface area contributed by atoms with Crippen molar-refractivity contribution in [3.63, 3.8) is 0 Å². The summed E-state index contributed by atoms with van der Waals surface area (Å²) in [4.78, 5) is 0. The lowest BCUT2D eigenvalue weighted by atomic mass is 10.0. The fourth-order valence-electron chi connectivity index (χ4n) is 3.22. The van der Waals surface area contributed by atoms with Crippen molar-refractivity contribution in [1.29, 1.82) is 0 Å². The van der Waals surface area contributed by atoms with Gasteiger partial charge in [-0.05, 0) is 41.3 Å². The SMILES string of the molecule is C1=c2cccc3c2=C(CC1)CC3n1cccn1. The molecule has 1 heterocycles. The topological polar surface area (TPSA) is 17.8 Å². The van der Waals surface area contributed by atoms with Crippen LogP contribution in [0.3, 0.4) is 0 Å². The van der Waals surface area contributed by atoms with Crippen LogP contribution in [0.5, 0.6) is 0 Å². The highest BCUT2D eigenvalue weighted by Crippen LogP contribution is 2.31. The molecule has 4 rings (SSSR count). The van der Waals surface area contributed by atoms with Gasteiger partial charge in [-0.3, -0.25) is 4.68 Å². The molecule has 0 radical (unpaired) electrons. The molecule has 0 fully saturated rings. The Morgan fingerprint density at radius 3 is 3.12 bits per heavy atom. The average molecular weight is 222 g/mol. The molecule has 1 aromatic carbocycles. The van der Waals surface area contributed by atoms with Crippen LogP contribution in [-0.2, 0) is 0 Å². The number of hydrogen-bond donors (Lipinski definition) is 0. The van der Waals surface area contributed by atoms with Gasteiger partial charge in [0.2, 0.25) is 0 Å². The van der Waals surface area contributed by atoms with Crippen LogP contribution in [0.15, 0.2) is 36.7 Å². The van der Waals surface area contributed by atoms with E-state index in [2.05, 4.69) is 40.3 Å². The van der Waals surface area contributed by atoms with Gasteiger partial charge in [0, 0.05) is 12.4 Å². The number of rotatable bonds is 1. The summed E-state index contributed by atoms with van der Waals surface area (Å²) in [5.41, 5.74) is 3.08. The second-order valence-corrected chi connectivity index (χ2v) is 4.86. The molecule has 2 aromatic rings. The van der Waals surface area contributed by atoms with E-state index in [0.29, 0.717) is 6.04 Å². The van der Waals surface area contributed by atoms with E-state index in [9.17, 15) is 0 Å². The minimum absolute atomic E-state index is 0.418. The van der Waals surface area contributed by atoms with Crippen molar-refractivity contribution in [2.24, 2.45) is 0 Å². The maximum absolute atomic E-state index is 4.41. The van der Waals surface area contributed by atoms with Gasteiger partial charge in [0.25, 0.3) is 0 Å². The fourth-order valence-corrected chi connectivity index (χ4v) is 3.22. The minimum Gasteiger partial charge on any atom is -0.265 e. The molecule has 84 valence electrons. The second kappa shape index (κ2) is 3.33. The van der Waals surface area contributed by atoms with Crippen molar-refractivity contribution in [3.05, 3.63) is 52.7 Å². The number of aromatic nitrogens is 2. The van der Waals surface area contributed by atoms with Crippen molar-refractivity contribution in [1.82, 2.24) is 9.78 Å². The maximum atomic E-state index is 4.41. The van der Waals surface area contributed by atoms with E-state index in [1.807, 2.05) is 12.3 Å². The first-order valence-corrected chi connectivity index (χ1v) is 6.24. The average Bonchev–Trinajstić information content (AvgIpc) is 2.98. The number of benzene rings is 1. The van der Waals surface area contributed by atoms with Crippen LogP contribution in [0.25, 0.3) is 11.6 Å². The van der Waals surface area contributed by atoms with Crippen LogP contribution in [0.2, 0.25) is 0 Å². The van der Waals surface area contributed by atoms with Crippen LogP contribution >= 0.6 is 0 Å². The first kappa shape index (κ1) is 9.23. The molecule has 1 atom stereocenters. The van der Waals surface area contributed by atoms with Gasteiger partial charge in [-0.1, -0.05) is 29.8 Å². The highest BCUT2D eigenvalue weighted by molar-refractivity contribution is 5.58. The van der Waals surface area contributed by atoms with Crippen molar-refractivity contribution in [2.75, 3.05) is 0 Å². The smallest absolute Gasteiger partial charge is 0.0811 e. The summed E-state index contributed by atoms with van der Waals surface area (Å²) < 4.78 is 2.10. The van der Waals surface area contributed by atoms with Gasteiger partial charge < -0.3 is 0 Å². The fraction of sp³-hybridized carbons (Fsp3) is 0.267. The zero-order valence-electron chi connectivity index (χ0n) is 9.63. The molecular weight excluding hydrogens is 208 g/mol. The highest BCUT2D eigenvalue weighted by Gasteiger charge is 2.25. The quantitative estimate of drug-likeness (QED) is 0.716. The summed E-state index contributed by atoms with van der Waals surface area (Å²) in [6.07, 6.45) is 9.87. The standard InChI is InChI=1S/C15H14N2/c1-4-11-5-2-7-13-14(17-9-3-8-16-17)10-12(6-1)15(11)13/h2-5,7-9,14H,1,6,10H2. The van der Waals surface area contributed by atoms with Crippen molar-refractivity contribution < 1.29 is 0 Å². The Hall–Kier alpha value is -1.83. The van der Waals surface area contributed by atoms with Crippen molar-refractivity contribution in [2.45, 2.75) is 25.3 Å². The van der Waals surface area contributed by atoms with E-state index >= 15 is 0 Å².